The van der Waals surface area contributed by atoms with E-state index in [0.717, 1.165) is 12.8 Å². The summed E-state index contributed by atoms with van der Waals surface area (Å²) in [4.78, 5) is 0. The first kappa shape index (κ1) is 13.5. The number of benzene rings is 1. The zero-order chi connectivity index (χ0) is 13.2. The van der Waals surface area contributed by atoms with Crippen molar-refractivity contribution in [3.8, 4) is 0 Å². The molecule has 0 heterocycles. The van der Waals surface area contributed by atoms with Crippen molar-refractivity contribution in [3.05, 3.63) is 35.6 Å². The average Bonchev–Trinajstić information content (AvgIpc) is 2.66. The third kappa shape index (κ3) is 3.53. The number of aliphatic hydroxyl groups is 1. The van der Waals surface area contributed by atoms with Crippen molar-refractivity contribution in [2.45, 2.75) is 45.3 Å². The van der Waals surface area contributed by atoms with Gasteiger partial charge in [-0.25, -0.2) is 4.39 Å². The van der Waals surface area contributed by atoms with Crippen LogP contribution in [0.25, 0.3) is 0 Å². The fourth-order valence-corrected chi connectivity index (χ4v) is 2.72. The lowest BCUT2D eigenvalue weighted by molar-refractivity contribution is 0.168. The summed E-state index contributed by atoms with van der Waals surface area (Å²) in [7, 11) is 0. The Bertz CT molecular complexity index is 405. The van der Waals surface area contributed by atoms with Crippen LogP contribution in [0.2, 0.25) is 0 Å². The standard InChI is InChI=1S/C15H22FNO/c1-15(2)7-6-13(9-15)17-10-14(18)11-4-3-5-12(16)8-11/h3-5,8,13-14,17-18H,6-7,9-10H2,1-2H3. The third-order valence-corrected chi connectivity index (χ3v) is 3.80. The molecule has 2 atom stereocenters. The van der Waals surface area contributed by atoms with Crippen LogP contribution >= 0.6 is 0 Å². The quantitative estimate of drug-likeness (QED) is 0.862. The number of halogens is 1. The topological polar surface area (TPSA) is 32.3 Å². The van der Waals surface area contributed by atoms with Crippen LogP contribution in [0.5, 0.6) is 0 Å². The van der Waals surface area contributed by atoms with Crippen LogP contribution in [-0.4, -0.2) is 17.7 Å². The summed E-state index contributed by atoms with van der Waals surface area (Å²) in [5.41, 5.74) is 1.04. The number of nitrogens with one attached hydrogen (secondary N) is 1. The first-order valence-electron chi connectivity index (χ1n) is 6.63. The van der Waals surface area contributed by atoms with Crippen LogP contribution < -0.4 is 5.32 Å². The van der Waals surface area contributed by atoms with Crippen molar-refractivity contribution in [1.29, 1.82) is 0 Å². The van der Waals surface area contributed by atoms with Crippen molar-refractivity contribution in [3.63, 3.8) is 0 Å². The second kappa shape index (κ2) is 5.37. The largest absolute Gasteiger partial charge is 0.387 e. The number of rotatable bonds is 4. The molecule has 1 aliphatic carbocycles. The van der Waals surface area contributed by atoms with Crippen LogP contribution in [0.1, 0.15) is 44.8 Å². The molecule has 0 bridgehead atoms. The molecular weight excluding hydrogens is 229 g/mol. The van der Waals surface area contributed by atoms with E-state index in [2.05, 4.69) is 19.2 Å². The maximum atomic E-state index is 13.0. The van der Waals surface area contributed by atoms with Crippen LogP contribution in [-0.2, 0) is 0 Å². The fraction of sp³-hybridized carbons (Fsp3) is 0.600. The van der Waals surface area contributed by atoms with Crippen LogP contribution in [0.3, 0.4) is 0 Å². The van der Waals surface area contributed by atoms with E-state index in [9.17, 15) is 9.50 Å². The monoisotopic (exact) mass is 251 g/mol. The minimum absolute atomic E-state index is 0.298. The molecule has 0 aromatic heterocycles. The minimum Gasteiger partial charge on any atom is -0.387 e. The Morgan fingerprint density at radius 1 is 1.50 bits per heavy atom. The van der Waals surface area contributed by atoms with Gasteiger partial charge in [-0.1, -0.05) is 26.0 Å². The smallest absolute Gasteiger partial charge is 0.123 e. The molecule has 1 aliphatic rings. The molecule has 0 radical (unpaired) electrons. The van der Waals surface area contributed by atoms with Gasteiger partial charge in [0, 0.05) is 12.6 Å². The summed E-state index contributed by atoms with van der Waals surface area (Å²) in [6.07, 6.45) is 2.89. The Kier molecular flexibility index (Phi) is 4.03. The molecule has 1 fully saturated rings. The van der Waals surface area contributed by atoms with Gasteiger partial charge < -0.3 is 10.4 Å². The molecule has 0 aliphatic heterocycles. The van der Waals surface area contributed by atoms with Gasteiger partial charge in [-0.15, -0.1) is 0 Å². The van der Waals surface area contributed by atoms with Crippen molar-refractivity contribution in [1.82, 2.24) is 5.32 Å². The Morgan fingerprint density at radius 3 is 2.89 bits per heavy atom. The first-order valence-corrected chi connectivity index (χ1v) is 6.63. The zero-order valence-electron chi connectivity index (χ0n) is 11.1. The van der Waals surface area contributed by atoms with Crippen molar-refractivity contribution in [2.75, 3.05) is 6.54 Å². The highest BCUT2D eigenvalue weighted by Crippen LogP contribution is 2.36. The van der Waals surface area contributed by atoms with Crippen LogP contribution in [0, 0.1) is 11.2 Å². The summed E-state index contributed by atoms with van der Waals surface area (Å²) in [6.45, 7) is 5.04. The van der Waals surface area contributed by atoms with E-state index in [-0.39, 0.29) is 5.82 Å². The minimum atomic E-state index is -0.635. The molecule has 1 saturated carbocycles. The SMILES string of the molecule is CC1(C)CCC(NCC(O)c2cccc(F)c2)C1. The number of hydrogen-bond acceptors (Lipinski definition) is 2. The van der Waals surface area contributed by atoms with E-state index < -0.39 is 6.10 Å². The second-order valence-electron chi connectivity index (χ2n) is 6.08. The van der Waals surface area contributed by atoms with E-state index in [0.29, 0.717) is 23.6 Å². The van der Waals surface area contributed by atoms with Gasteiger partial charge in [0.1, 0.15) is 5.82 Å². The molecule has 0 amide bonds. The molecule has 1 aromatic rings. The molecule has 0 spiro atoms. The zero-order valence-corrected chi connectivity index (χ0v) is 11.1. The molecule has 2 nitrogen and oxygen atoms in total. The molecule has 100 valence electrons. The van der Waals surface area contributed by atoms with E-state index in [4.69, 9.17) is 0 Å². The molecule has 2 rings (SSSR count). The molecule has 2 N–H and O–H groups in total. The highest BCUT2D eigenvalue weighted by Gasteiger charge is 2.30. The maximum Gasteiger partial charge on any atom is 0.123 e. The van der Waals surface area contributed by atoms with Gasteiger partial charge >= 0.3 is 0 Å². The van der Waals surface area contributed by atoms with Gasteiger partial charge in [0.2, 0.25) is 0 Å². The number of hydrogen-bond donors (Lipinski definition) is 2. The predicted octanol–water partition coefficient (Wildman–Crippen LogP) is 3.03. The van der Waals surface area contributed by atoms with Crippen molar-refractivity contribution >= 4 is 0 Å². The van der Waals surface area contributed by atoms with Gasteiger partial charge in [0.05, 0.1) is 6.10 Å². The van der Waals surface area contributed by atoms with Gasteiger partial charge in [-0.05, 0) is 42.4 Å². The summed E-state index contributed by atoms with van der Waals surface area (Å²) in [5, 5.41) is 13.4. The fourth-order valence-electron chi connectivity index (χ4n) is 2.72. The van der Waals surface area contributed by atoms with Crippen molar-refractivity contribution < 1.29 is 9.50 Å². The lowest BCUT2D eigenvalue weighted by Crippen LogP contribution is -2.31. The van der Waals surface area contributed by atoms with Crippen molar-refractivity contribution in [2.24, 2.45) is 5.41 Å². The van der Waals surface area contributed by atoms with Gasteiger partial charge in [0.15, 0.2) is 0 Å². The van der Waals surface area contributed by atoms with Gasteiger partial charge in [-0.3, -0.25) is 0 Å². The highest BCUT2D eigenvalue weighted by atomic mass is 19.1. The Balaban J connectivity index is 1.84. The summed E-state index contributed by atoms with van der Waals surface area (Å²) in [5.74, 6) is -0.298. The highest BCUT2D eigenvalue weighted by molar-refractivity contribution is 5.19. The van der Waals surface area contributed by atoms with Crippen LogP contribution in [0.15, 0.2) is 24.3 Å². The average molecular weight is 251 g/mol. The predicted molar refractivity (Wildman–Crippen MR) is 70.8 cm³/mol. The Morgan fingerprint density at radius 2 is 2.28 bits per heavy atom. The van der Waals surface area contributed by atoms with E-state index in [1.165, 1.54) is 18.6 Å². The molecular formula is C15H22FNO. The third-order valence-electron chi connectivity index (χ3n) is 3.80. The number of aliphatic hydroxyl groups excluding tert-OH is 1. The van der Waals surface area contributed by atoms with Crippen LogP contribution in [0.4, 0.5) is 4.39 Å². The van der Waals surface area contributed by atoms with Gasteiger partial charge in [-0.2, -0.15) is 0 Å². The summed E-state index contributed by atoms with van der Waals surface area (Å²) >= 11 is 0. The summed E-state index contributed by atoms with van der Waals surface area (Å²) in [6, 6.07) is 6.65. The molecule has 1 aromatic carbocycles. The first-order chi connectivity index (χ1) is 8.46. The van der Waals surface area contributed by atoms with Gasteiger partial charge in [0.25, 0.3) is 0 Å². The van der Waals surface area contributed by atoms with E-state index >= 15 is 0 Å². The maximum absolute atomic E-state index is 13.0. The Labute approximate surface area is 108 Å². The molecule has 2 unspecified atom stereocenters. The normalized spacial score (nSPS) is 24.1. The van der Waals surface area contributed by atoms with E-state index in [1.54, 1.807) is 12.1 Å². The lowest BCUT2D eigenvalue weighted by Gasteiger charge is -2.19. The molecule has 3 heteroatoms. The van der Waals surface area contributed by atoms with E-state index in [1.807, 2.05) is 0 Å². The second-order valence-corrected chi connectivity index (χ2v) is 6.08. The lowest BCUT2D eigenvalue weighted by atomic mass is 9.92. The molecule has 18 heavy (non-hydrogen) atoms. The molecule has 0 saturated heterocycles. The Hall–Kier alpha value is -0.930. The summed E-state index contributed by atoms with van der Waals surface area (Å²) < 4.78 is 13.0.